The number of hydrogen-bond donors (Lipinski definition) is 1. The molecular formula is C11H22N2O3S. The average Bonchev–Trinajstić information content (AvgIpc) is 3.13. The highest BCUT2D eigenvalue weighted by Crippen LogP contribution is 2.19. The Morgan fingerprint density at radius 2 is 2.12 bits per heavy atom. The number of sulfonamides is 1. The van der Waals surface area contributed by atoms with Crippen LogP contribution in [0.15, 0.2) is 0 Å². The molecule has 0 spiro atoms. The molecule has 0 aromatic rings. The van der Waals surface area contributed by atoms with E-state index in [0.717, 1.165) is 12.8 Å². The van der Waals surface area contributed by atoms with Gasteiger partial charge in [0.25, 0.3) is 0 Å². The largest absolute Gasteiger partial charge is 0.380 e. The van der Waals surface area contributed by atoms with Gasteiger partial charge in [-0.05, 0) is 25.7 Å². The van der Waals surface area contributed by atoms with Gasteiger partial charge in [0, 0.05) is 32.8 Å². The standard InChI is InChI=1S/C11H22N2O3S/c1-16-11-3-2-7-13(9-11)17(14,15)8-6-12-10-4-5-10/h10-12H,2-9H2,1H3. The van der Waals surface area contributed by atoms with Crippen LogP contribution in [-0.2, 0) is 14.8 Å². The Labute approximate surface area is 104 Å². The number of hydrogen-bond acceptors (Lipinski definition) is 4. The molecule has 0 bridgehead atoms. The molecule has 0 aromatic heterocycles. The molecule has 1 unspecified atom stereocenters. The van der Waals surface area contributed by atoms with E-state index in [1.54, 1.807) is 11.4 Å². The summed E-state index contributed by atoms with van der Waals surface area (Å²) in [5, 5.41) is 3.24. The maximum absolute atomic E-state index is 12.1. The van der Waals surface area contributed by atoms with Gasteiger partial charge in [-0.3, -0.25) is 0 Å². The fraction of sp³-hybridized carbons (Fsp3) is 1.00. The number of nitrogens with zero attached hydrogens (tertiary/aromatic N) is 1. The molecule has 1 saturated carbocycles. The maximum atomic E-state index is 12.1. The highest BCUT2D eigenvalue weighted by Gasteiger charge is 2.29. The molecule has 5 nitrogen and oxygen atoms in total. The van der Waals surface area contributed by atoms with Crippen LogP contribution in [0, 0.1) is 0 Å². The van der Waals surface area contributed by atoms with Gasteiger partial charge in [-0.1, -0.05) is 0 Å². The van der Waals surface area contributed by atoms with Crippen molar-refractivity contribution in [3.8, 4) is 0 Å². The Morgan fingerprint density at radius 1 is 1.35 bits per heavy atom. The van der Waals surface area contributed by atoms with Crippen LogP contribution in [0.5, 0.6) is 0 Å². The van der Waals surface area contributed by atoms with Gasteiger partial charge in [0.15, 0.2) is 0 Å². The van der Waals surface area contributed by atoms with Gasteiger partial charge in [-0.25, -0.2) is 8.42 Å². The summed E-state index contributed by atoms with van der Waals surface area (Å²) in [6, 6.07) is 0.568. The van der Waals surface area contributed by atoms with E-state index in [0.29, 0.717) is 25.7 Å². The molecule has 1 atom stereocenters. The smallest absolute Gasteiger partial charge is 0.215 e. The summed E-state index contributed by atoms with van der Waals surface area (Å²) < 4.78 is 31.0. The monoisotopic (exact) mass is 262 g/mol. The number of piperidine rings is 1. The van der Waals surface area contributed by atoms with E-state index in [1.807, 2.05) is 0 Å². The summed E-state index contributed by atoms with van der Waals surface area (Å²) in [5.41, 5.74) is 0. The quantitative estimate of drug-likeness (QED) is 0.742. The van der Waals surface area contributed by atoms with Crippen molar-refractivity contribution in [3.63, 3.8) is 0 Å². The molecule has 2 fully saturated rings. The lowest BCUT2D eigenvalue weighted by Gasteiger charge is -2.31. The Bertz CT molecular complexity index is 341. The van der Waals surface area contributed by atoms with E-state index < -0.39 is 10.0 Å². The van der Waals surface area contributed by atoms with Crippen LogP contribution in [0.25, 0.3) is 0 Å². The lowest BCUT2D eigenvalue weighted by molar-refractivity contribution is 0.0572. The third-order valence-electron chi connectivity index (χ3n) is 3.44. The molecule has 2 rings (SSSR count). The second kappa shape index (κ2) is 5.65. The zero-order valence-corrected chi connectivity index (χ0v) is 11.2. The summed E-state index contributed by atoms with van der Waals surface area (Å²) in [5.74, 6) is 0.208. The van der Waals surface area contributed by atoms with Crippen LogP contribution in [0.3, 0.4) is 0 Å². The fourth-order valence-corrected chi connectivity index (χ4v) is 3.59. The molecule has 0 aromatic carbocycles. The first-order valence-corrected chi connectivity index (χ1v) is 7.97. The summed E-state index contributed by atoms with van der Waals surface area (Å²) in [6.07, 6.45) is 4.30. The average molecular weight is 262 g/mol. The molecule has 0 amide bonds. The van der Waals surface area contributed by atoms with Crippen molar-refractivity contribution in [2.75, 3.05) is 32.5 Å². The first-order chi connectivity index (χ1) is 8.12. The van der Waals surface area contributed by atoms with E-state index >= 15 is 0 Å². The van der Waals surface area contributed by atoms with Crippen LogP contribution in [0.1, 0.15) is 25.7 Å². The molecule has 1 saturated heterocycles. The first-order valence-electron chi connectivity index (χ1n) is 6.36. The Balaban J connectivity index is 1.80. The summed E-state index contributed by atoms with van der Waals surface area (Å²) in [6.45, 7) is 1.73. The highest BCUT2D eigenvalue weighted by atomic mass is 32.2. The van der Waals surface area contributed by atoms with Gasteiger partial charge in [-0.15, -0.1) is 0 Å². The third kappa shape index (κ3) is 3.91. The Kier molecular flexibility index (Phi) is 4.41. The van der Waals surface area contributed by atoms with Crippen molar-refractivity contribution in [3.05, 3.63) is 0 Å². The van der Waals surface area contributed by atoms with Crippen LogP contribution < -0.4 is 5.32 Å². The minimum atomic E-state index is -3.10. The summed E-state index contributed by atoms with van der Waals surface area (Å²) in [4.78, 5) is 0. The van der Waals surface area contributed by atoms with Crippen molar-refractivity contribution in [2.24, 2.45) is 0 Å². The van der Waals surface area contributed by atoms with Crippen LogP contribution in [-0.4, -0.2) is 57.4 Å². The second-order valence-corrected chi connectivity index (χ2v) is 6.99. The molecule has 1 heterocycles. The normalized spacial score (nSPS) is 27.2. The molecule has 6 heteroatoms. The fourth-order valence-electron chi connectivity index (χ4n) is 2.16. The van der Waals surface area contributed by atoms with E-state index in [2.05, 4.69) is 5.32 Å². The molecule has 100 valence electrons. The van der Waals surface area contributed by atoms with Crippen molar-refractivity contribution in [1.82, 2.24) is 9.62 Å². The van der Waals surface area contributed by atoms with Crippen LogP contribution >= 0.6 is 0 Å². The molecule has 17 heavy (non-hydrogen) atoms. The topological polar surface area (TPSA) is 58.6 Å². The summed E-state index contributed by atoms with van der Waals surface area (Å²) >= 11 is 0. The van der Waals surface area contributed by atoms with Gasteiger partial charge < -0.3 is 10.1 Å². The minimum Gasteiger partial charge on any atom is -0.380 e. The zero-order chi connectivity index (χ0) is 12.3. The first kappa shape index (κ1) is 13.3. The molecule has 0 radical (unpaired) electrons. The third-order valence-corrected chi connectivity index (χ3v) is 5.28. The van der Waals surface area contributed by atoms with Crippen LogP contribution in [0.2, 0.25) is 0 Å². The zero-order valence-electron chi connectivity index (χ0n) is 10.4. The number of ether oxygens (including phenoxy) is 1. The molecular weight excluding hydrogens is 240 g/mol. The van der Waals surface area contributed by atoms with Crippen molar-refractivity contribution in [2.45, 2.75) is 37.8 Å². The van der Waals surface area contributed by atoms with Gasteiger partial charge in [0.1, 0.15) is 0 Å². The van der Waals surface area contributed by atoms with E-state index in [1.165, 1.54) is 12.8 Å². The predicted octanol–water partition coefficient (Wildman–Crippen LogP) is 0.179. The Hall–Kier alpha value is -0.170. The van der Waals surface area contributed by atoms with Gasteiger partial charge in [0.2, 0.25) is 10.0 Å². The Morgan fingerprint density at radius 3 is 2.76 bits per heavy atom. The van der Waals surface area contributed by atoms with Crippen LogP contribution in [0.4, 0.5) is 0 Å². The number of nitrogens with one attached hydrogen (secondary N) is 1. The molecule has 1 aliphatic carbocycles. The lowest BCUT2D eigenvalue weighted by Crippen LogP contribution is -2.45. The van der Waals surface area contributed by atoms with E-state index in [4.69, 9.17) is 4.74 Å². The van der Waals surface area contributed by atoms with Gasteiger partial charge in [-0.2, -0.15) is 4.31 Å². The van der Waals surface area contributed by atoms with Crippen molar-refractivity contribution >= 4 is 10.0 Å². The predicted molar refractivity (Wildman–Crippen MR) is 66.4 cm³/mol. The van der Waals surface area contributed by atoms with E-state index in [-0.39, 0.29) is 11.9 Å². The minimum absolute atomic E-state index is 0.0647. The number of methoxy groups -OCH3 is 1. The molecule has 2 aliphatic rings. The number of rotatable bonds is 6. The SMILES string of the molecule is COC1CCCN(S(=O)(=O)CCNC2CC2)C1. The highest BCUT2D eigenvalue weighted by molar-refractivity contribution is 7.89. The summed E-state index contributed by atoms with van der Waals surface area (Å²) in [7, 11) is -1.46. The molecule has 1 aliphatic heterocycles. The van der Waals surface area contributed by atoms with E-state index in [9.17, 15) is 8.42 Å². The van der Waals surface area contributed by atoms with Gasteiger partial charge in [0.05, 0.1) is 11.9 Å². The van der Waals surface area contributed by atoms with Crippen molar-refractivity contribution < 1.29 is 13.2 Å². The molecule has 1 N–H and O–H groups in total. The lowest BCUT2D eigenvalue weighted by atomic mass is 10.1. The second-order valence-electron chi connectivity index (χ2n) is 4.90. The van der Waals surface area contributed by atoms with Gasteiger partial charge >= 0.3 is 0 Å². The van der Waals surface area contributed by atoms with Crippen molar-refractivity contribution in [1.29, 1.82) is 0 Å². The maximum Gasteiger partial charge on any atom is 0.215 e.